The zero-order valence-electron chi connectivity index (χ0n) is 8.25. The Hall–Kier alpha value is -0.710. The Kier molecular flexibility index (Phi) is 2.97. The van der Waals surface area contributed by atoms with Crippen molar-refractivity contribution in [2.24, 2.45) is 11.8 Å². The van der Waals surface area contributed by atoms with Gasteiger partial charge < -0.3 is 4.90 Å². The molecule has 3 unspecified atom stereocenters. The SMILES string of the molecule is CC.CC1C2CCC2CN1C#N. The van der Waals surface area contributed by atoms with Gasteiger partial charge in [0, 0.05) is 12.6 Å². The van der Waals surface area contributed by atoms with Crippen LogP contribution >= 0.6 is 0 Å². The van der Waals surface area contributed by atoms with E-state index in [2.05, 4.69) is 13.1 Å². The lowest BCUT2D eigenvalue weighted by atomic mass is 9.73. The Labute approximate surface area is 75.2 Å². The van der Waals surface area contributed by atoms with E-state index in [0.717, 1.165) is 18.4 Å². The standard InChI is InChI=1S/C8H12N2.C2H6/c1-6-8-3-2-7(8)4-10(6)5-9;1-2/h6-8H,2-4H2,1H3;1-2H3. The van der Waals surface area contributed by atoms with Crippen LogP contribution in [0.3, 0.4) is 0 Å². The van der Waals surface area contributed by atoms with E-state index in [1.807, 2.05) is 18.7 Å². The van der Waals surface area contributed by atoms with Crippen LogP contribution in [-0.4, -0.2) is 17.5 Å². The first-order valence-electron chi connectivity index (χ1n) is 4.99. The molecule has 0 aromatic rings. The van der Waals surface area contributed by atoms with Crippen molar-refractivity contribution in [1.29, 1.82) is 5.26 Å². The minimum atomic E-state index is 0.531. The molecule has 0 aromatic carbocycles. The number of hydrogen-bond acceptors (Lipinski definition) is 2. The molecule has 3 atom stereocenters. The van der Waals surface area contributed by atoms with Crippen molar-refractivity contribution in [3.8, 4) is 6.19 Å². The van der Waals surface area contributed by atoms with E-state index in [9.17, 15) is 0 Å². The largest absolute Gasteiger partial charge is 0.307 e. The van der Waals surface area contributed by atoms with Gasteiger partial charge in [-0.3, -0.25) is 0 Å². The fourth-order valence-electron chi connectivity index (χ4n) is 2.24. The maximum atomic E-state index is 8.68. The van der Waals surface area contributed by atoms with Gasteiger partial charge >= 0.3 is 0 Å². The van der Waals surface area contributed by atoms with Crippen molar-refractivity contribution in [3.63, 3.8) is 0 Å². The molecule has 0 N–H and O–H groups in total. The van der Waals surface area contributed by atoms with Crippen LogP contribution in [0.2, 0.25) is 0 Å². The molecule has 1 saturated carbocycles. The second kappa shape index (κ2) is 3.80. The first kappa shape index (κ1) is 9.38. The number of nitriles is 1. The Morgan fingerprint density at radius 2 is 2.00 bits per heavy atom. The van der Waals surface area contributed by atoms with Crippen molar-refractivity contribution in [2.75, 3.05) is 6.54 Å². The van der Waals surface area contributed by atoms with Crippen LogP contribution in [0.25, 0.3) is 0 Å². The van der Waals surface area contributed by atoms with Gasteiger partial charge in [-0.1, -0.05) is 13.8 Å². The Morgan fingerprint density at radius 3 is 2.25 bits per heavy atom. The average Bonchev–Trinajstić information content (AvgIpc) is 2.27. The quantitative estimate of drug-likeness (QED) is 0.516. The van der Waals surface area contributed by atoms with Gasteiger partial charge in [0.1, 0.15) is 0 Å². The van der Waals surface area contributed by atoms with Crippen LogP contribution < -0.4 is 0 Å². The maximum absolute atomic E-state index is 8.68. The molecule has 1 aliphatic carbocycles. The highest BCUT2D eigenvalue weighted by Gasteiger charge is 2.44. The summed E-state index contributed by atoms with van der Waals surface area (Å²) >= 11 is 0. The maximum Gasteiger partial charge on any atom is 0.179 e. The summed E-state index contributed by atoms with van der Waals surface area (Å²) in [7, 11) is 0. The lowest BCUT2D eigenvalue weighted by Gasteiger charge is -2.30. The zero-order chi connectivity index (χ0) is 9.14. The average molecular weight is 166 g/mol. The van der Waals surface area contributed by atoms with E-state index in [1.54, 1.807) is 0 Å². The first-order valence-corrected chi connectivity index (χ1v) is 4.99. The molecule has 0 spiro atoms. The second-order valence-corrected chi connectivity index (χ2v) is 3.49. The molecule has 12 heavy (non-hydrogen) atoms. The third-order valence-electron chi connectivity index (χ3n) is 3.15. The zero-order valence-corrected chi connectivity index (χ0v) is 8.25. The summed E-state index contributed by atoms with van der Waals surface area (Å²) in [6.07, 6.45) is 4.95. The van der Waals surface area contributed by atoms with Gasteiger partial charge in [-0.05, 0) is 31.6 Å². The first-order chi connectivity index (χ1) is 5.83. The molecule has 2 fully saturated rings. The van der Waals surface area contributed by atoms with Crippen LogP contribution in [0.5, 0.6) is 0 Å². The Morgan fingerprint density at radius 1 is 1.33 bits per heavy atom. The molecule has 0 radical (unpaired) electrons. The van der Waals surface area contributed by atoms with E-state index in [1.165, 1.54) is 12.8 Å². The molecule has 1 heterocycles. The minimum Gasteiger partial charge on any atom is -0.307 e. The van der Waals surface area contributed by atoms with Crippen LogP contribution in [0, 0.1) is 23.3 Å². The molecule has 2 rings (SSSR count). The normalized spacial score (nSPS) is 37.2. The fourth-order valence-corrected chi connectivity index (χ4v) is 2.24. The number of rotatable bonds is 0. The molecule has 1 saturated heterocycles. The number of likely N-dealkylation sites (tertiary alicyclic amines) is 1. The monoisotopic (exact) mass is 166 g/mol. The van der Waals surface area contributed by atoms with Gasteiger partial charge in [-0.15, -0.1) is 0 Å². The van der Waals surface area contributed by atoms with Gasteiger partial charge in [0.2, 0.25) is 0 Å². The lowest BCUT2D eigenvalue weighted by Crippen LogP contribution is -2.29. The molecular weight excluding hydrogens is 148 g/mol. The van der Waals surface area contributed by atoms with Gasteiger partial charge in [-0.2, -0.15) is 5.26 Å². The lowest BCUT2D eigenvalue weighted by molar-refractivity contribution is 0.209. The third-order valence-corrected chi connectivity index (χ3v) is 3.15. The number of fused-ring (bicyclic) bond motifs is 1. The molecule has 0 aromatic heterocycles. The highest BCUT2D eigenvalue weighted by molar-refractivity contribution is 5.00. The predicted octanol–water partition coefficient (Wildman–Crippen LogP) is 2.22. The fraction of sp³-hybridized carbons (Fsp3) is 0.900. The molecule has 0 bridgehead atoms. The van der Waals surface area contributed by atoms with Crippen LogP contribution in [-0.2, 0) is 0 Å². The summed E-state index contributed by atoms with van der Waals surface area (Å²) in [5.74, 6) is 1.70. The highest BCUT2D eigenvalue weighted by atomic mass is 15.2. The summed E-state index contributed by atoms with van der Waals surface area (Å²) in [6, 6.07) is 0.531. The van der Waals surface area contributed by atoms with Gasteiger partial charge in [0.05, 0.1) is 0 Å². The second-order valence-electron chi connectivity index (χ2n) is 3.49. The van der Waals surface area contributed by atoms with E-state index in [-0.39, 0.29) is 0 Å². The van der Waals surface area contributed by atoms with E-state index >= 15 is 0 Å². The van der Waals surface area contributed by atoms with Crippen LogP contribution in [0.4, 0.5) is 0 Å². The van der Waals surface area contributed by atoms with Crippen molar-refractivity contribution < 1.29 is 0 Å². The summed E-state index contributed by atoms with van der Waals surface area (Å²) < 4.78 is 0. The van der Waals surface area contributed by atoms with Crippen LogP contribution in [0.1, 0.15) is 33.6 Å². The topological polar surface area (TPSA) is 27.0 Å². The molecule has 2 nitrogen and oxygen atoms in total. The smallest absolute Gasteiger partial charge is 0.179 e. The molecular formula is C10H18N2. The van der Waals surface area contributed by atoms with Gasteiger partial charge in [0.25, 0.3) is 0 Å². The van der Waals surface area contributed by atoms with Crippen molar-refractivity contribution in [3.05, 3.63) is 0 Å². The minimum absolute atomic E-state index is 0.531. The Bertz CT molecular complexity index is 183. The van der Waals surface area contributed by atoms with Gasteiger partial charge in [0.15, 0.2) is 6.19 Å². The van der Waals surface area contributed by atoms with E-state index in [4.69, 9.17) is 5.26 Å². The molecule has 1 aliphatic heterocycles. The summed E-state index contributed by atoms with van der Waals surface area (Å²) in [5.41, 5.74) is 0. The van der Waals surface area contributed by atoms with Crippen molar-refractivity contribution >= 4 is 0 Å². The molecule has 2 heteroatoms. The van der Waals surface area contributed by atoms with Crippen LogP contribution in [0.15, 0.2) is 0 Å². The summed E-state index contributed by atoms with van der Waals surface area (Å²) in [4.78, 5) is 1.93. The van der Waals surface area contributed by atoms with E-state index < -0.39 is 0 Å². The highest BCUT2D eigenvalue weighted by Crippen LogP contribution is 2.44. The van der Waals surface area contributed by atoms with Crippen molar-refractivity contribution in [2.45, 2.75) is 39.7 Å². The van der Waals surface area contributed by atoms with Gasteiger partial charge in [-0.25, -0.2) is 0 Å². The molecule has 0 amide bonds. The molecule has 2 aliphatic rings. The summed E-state index contributed by atoms with van der Waals surface area (Å²) in [6.45, 7) is 7.20. The molecule has 68 valence electrons. The number of hydrogen-bond donors (Lipinski definition) is 0. The van der Waals surface area contributed by atoms with Crippen molar-refractivity contribution in [1.82, 2.24) is 4.90 Å². The van der Waals surface area contributed by atoms with E-state index in [0.29, 0.717) is 6.04 Å². The predicted molar refractivity (Wildman–Crippen MR) is 49.3 cm³/mol. The third kappa shape index (κ3) is 1.29. The Balaban J connectivity index is 0.000000336. The number of nitrogens with zero attached hydrogens (tertiary/aromatic N) is 2. The summed E-state index contributed by atoms with van der Waals surface area (Å²) in [5, 5.41) is 8.68.